The highest BCUT2D eigenvalue weighted by molar-refractivity contribution is 6.03. The molecule has 0 aliphatic heterocycles. The van der Waals surface area contributed by atoms with Gasteiger partial charge in [0.25, 0.3) is 5.91 Å². The van der Waals surface area contributed by atoms with E-state index in [0.717, 1.165) is 23.4 Å². The number of para-hydroxylation sites is 1. The van der Waals surface area contributed by atoms with Gasteiger partial charge < -0.3 is 5.32 Å². The van der Waals surface area contributed by atoms with Gasteiger partial charge in [-0.15, -0.1) is 5.10 Å². The normalized spacial score (nSPS) is 10.7. The van der Waals surface area contributed by atoms with E-state index < -0.39 is 17.5 Å². The van der Waals surface area contributed by atoms with Gasteiger partial charge in [-0.1, -0.05) is 23.4 Å². The number of nitrogens with one attached hydrogen (secondary N) is 1. The number of halogens is 2. The molecular weight excluding hydrogens is 314 g/mol. The fraction of sp³-hybridized carbons (Fsp3) is 0.118. The second kappa shape index (κ2) is 6.19. The third-order valence-corrected chi connectivity index (χ3v) is 3.63. The Kier molecular flexibility index (Phi) is 4.07. The summed E-state index contributed by atoms with van der Waals surface area (Å²) in [5.41, 5.74) is 2.24. The molecule has 1 N–H and O–H groups in total. The highest BCUT2D eigenvalue weighted by Crippen LogP contribution is 2.19. The molecule has 24 heavy (non-hydrogen) atoms. The van der Waals surface area contributed by atoms with Crippen molar-refractivity contribution in [1.29, 1.82) is 0 Å². The molecule has 0 bridgehead atoms. The van der Waals surface area contributed by atoms with Gasteiger partial charge in [0, 0.05) is 6.07 Å². The van der Waals surface area contributed by atoms with Gasteiger partial charge >= 0.3 is 0 Å². The van der Waals surface area contributed by atoms with Crippen LogP contribution in [0.25, 0.3) is 5.69 Å². The van der Waals surface area contributed by atoms with Crippen molar-refractivity contribution in [2.45, 2.75) is 13.8 Å². The summed E-state index contributed by atoms with van der Waals surface area (Å²) < 4.78 is 28.1. The zero-order chi connectivity index (χ0) is 17.3. The highest BCUT2D eigenvalue weighted by Gasteiger charge is 2.19. The SMILES string of the molecule is Cc1ccccc1-n1nnc(C(=O)Nc2ccc(F)cc2F)c1C. The van der Waals surface area contributed by atoms with Crippen LogP contribution in [-0.2, 0) is 0 Å². The summed E-state index contributed by atoms with van der Waals surface area (Å²) in [5.74, 6) is -2.18. The minimum absolute atomic E-state index is 0.0713. The third-order valence-electron chi connectivity index (χ3n) is 3.63. The Hall–Kier alpha value is -3.09. The Morgan fingerprint density at radius 1 is 1.12 bits per heavy atom. The molecule has 3 rings (SSSR count). The van der Waals surface area contributed by atoms with Gasteiger partial charge in [-0.3, -0.25) is 4.79 Å². The van der Waals surface area contributed by atoms with Crippen LogP contribution < -0.4 is 5.32 Å². The van der Waals surface area contributed by atoms with Crippen molar-refractivity contribution in [1.82, 2.24) is 15.0 Å². The van der Waals surface area contributed by atoms with Gasteiger partial charge in [0.1, 0.15) is 11.6 Å². The molecule has 0 radical (unpaired) electrons. The summed E-state index contributed by atoms with van der Waals surface area (Å²) in [5, 5.41) is 10.3. The molecule has 7 heteroatoms. The highest BCUT2D eigenvalue weighted by atomic mass is 19.1. The largest absolute Gasteiger partial charge is 0.318 e. The van der Waals surface area contributed by atoms with Crippen molar-refractivity contribution in [3.05, 3.63) is 71.1 Å². The monoisotopic (exact) mass is 328 g/mol. The Labute approximate surface area is 136 Å². The van der Waals surface area contributed by atoms with E-state index in [1.54, 1.807) is 11.6 Å². The first-order chi connectivity index (χ1) is 11.5. The maximum atomic E-state index is 13.7. The molecule has 0 saturated carbocycles. The summed E-state index contributed by atoms with van der Waals surface area (Å²) >= 11 is 0. The number of hydrogen-bond donors (Lipinski definition) is 1. The molecule has 2 aromatic carbocycles. The number of amides is 1. The summed E-state index contributed by atoms with van der Waals surface area (Å²) in [6, 6.07) is 10.5. The summed E-state index contributed by atoms with van der Waals surface area (Å²) in [4.78, 5) is 12.3. The molecule has 0 aliphatic rings. The van der Waals surface area contributed by atoms with Gasteiger partial charge in [-0.25, -0.2) is 13.5 Å². The first kappa shape index (κ1) is 15.8. The molecule has 0 aliphatic carbocycles. The minimum atomic E-state index is -0.854. The molecule has 122 valence electrons. The van der Waals surface area contributed by atoms with Crippen LogP contribution in [0.3, 0.4) is 0 Å². The zero-order valence-electron chi connectivity index (χ0n) is 13.0. The molecule has 0 unspecified atom stereocenters. The summed E-state index contributed by atoms with van der Waals surface area (Å²) in [6.07, 6.45) is 0. The van der Waals surface area contributed by atoms with Crippen LogP contribution in [0, 0.1) is 25.5 Å². The van der Waals surface area contributed by atoms with E-state index in [-0.39, 0.29) is 11.4 Å². The fourth-order valence-corrected chi connectivity index (χ4v) is 2.34. The minimum Gasteiger partial charge on any atom is -0.318 e. The van der Waals surface area contributed by atoms with E-state index in [2.05, 4.69) is 15.6 Å². The van der Waals surface area contributed by atoms with Crippen molar-refractivity contribution in [3.63, 3.8) is 0 Å². The van der Waals surface area contributed by atoms with Gasteiger partial charge in [0.2, 0.25) is 0 Å². The van der Waals surface area contributed by atoms with E-state index in [0.29, 0.717) is 11.8 Å². The average molecular weight is 328 g/mol. The predicted molar refractivity (Wildman–Crippen MR) is 85.1 cm³/mol. The molecule has 0 saturated heterocycles. The number of hydrogen-bond acceptors (Lipinski definition) is 3. The number of aromatic nitrogens is 3. The second-order valence-corrected chi connectivity index (χ2v) is 5.30. The van der Waals surface area contributed by atoms with Crippen molar-refractivity contribution in [3.8, 4) is 5.69 Å². The maximum absolute atomic E-state index is 13.7. The lowest BCUT2D eigenvalue weighted by molar-refractivity contribution is 0.102. The van der Waals surface area contributed by atoms with Crippen molar-refractivity contribution >= 4 is 11.6 Å². The van der Waals surface area contributed by atoms with Crippen LogP contribution in [0.5, 0.6) is 0 Å². The zero-order valence-corrected chi connectivity index (χ0v) is 13.0. The number of carbonyl (C=O) groups excluding carboxylic acids is 1. The lowest BCUT2D eigenvalue weighted by Gasteiger charge is -2.07. The molecule has 3 aromatic rings. The van der Waals surface area contributed by atoms with E-state index in [1.165, 1.54) is 0 Å². The molecule has 0 fully saturated rings. The smallest absolute Gasteiger partial charge is 0.278 e. The van der Waals surface area contributed by atoms with Crippen LogP contribution in [0.4, 0.5) is 14.5 Å². The standard InChI is InChI=1S/C17H14F2N4O/c1-10-5-3-4-6-15(10)23-11(2)16(21-22-23)17(24)20-14-8-7-12(18)9-13(14)19/h3-9H,1-2H3,(H,20,24). The van der Waals surface area contributed by atoms with Gasteiger partial charge in [0.15, 0.2) is 5.69 Å². The number of nitrogens with zero attached hydrogens (tertiary/aromatic N) is 3. The number of rotatable bonds is 3. The van der Waals surface area contributed by atoms with Crippen molar-refractivity contribution in [2.75, 3.05) is 5.32 Å². The molecular formula is C17H14F2N4O. The third kappa shape index (κ3) is 2.88. The fourth-order valence-electron chi connectivity index (χ4n) is 2.34. The molecule has 1 heterocycles. The van der Waals surface area contributed by atoms with Gasteiger partial charge in [-0.05, 0) is 37.6 Å². The molecule has 1 amide bonds. The van der Waals surface area contributed by atoms with Gasteiger partial charge in [0.05, 0.1) is 17.1 Å². The Balaban J connectivity index is 1.91. The van der Waals surface area contributed by atoms with Crippen LogP contribution in [0.15, 0.2) is 42.5 Å². The predicted octanol–water partition coefficient (Wildman–Crippen LogP) is 3.41. The van der Waals surface area contributed by atoms with E-state index >= 15 is 0 Å². The molecule has 0 spiro atoms. The quantitative estimate of drug-likeness (QED) is 0.801. The Morgan fingerprint density at radius 2 is 1.88 bits per heavy atom. The van der Waals surface area contributed by atoms with Gasteiger partial charge in [-0.2, -0.15) is 0 Å². The van der Waals surface area contributed by atoms with Crippen LogP contribution in [-0.4, -0.2) is 20.9 Å². The Bertz CT molecular complexity index is 921. The van der Waals surface area contributed by atoms with Crippen molar-refractivity contribution < 1.29 is 13.6 Å². The topological polar surface area (TPSA) is 59.8 Å². The molecule has 5 nitrogen and oxygen atoms in total. The lowest BCUT2D eigenvalue weighted by atomic mass is 10.2. The summed E-state index contributed by atoms with van der Waals surface area (Å²) in [7, 11) is 0. The van der Waals surface area contributed by atoms with E-state index in [4.69, 9.17) is 0 Å². The van der Waals surface area contributed by atoms with Crippen LogP contribution in [0.2, 0.25) is 0 Å². The second-order valence-electron chi connectivity index (χ2n) is 5.30. The van der Waals surface area contributed by atoms with E-state index in [9.17, 15) is 13.6 Å². The number of anilines is 1. The number of carbonyl (C=O) groups is 1. The first-order valence-electron chi connectivity index (χ1n) is 7.22. The van der Waals surface area contributed by atoms with Crippen molar-refractivity contribution in [2.24, 2.45) is 0 Å². The number of aryl methyl sites for hydroxylation is 1. The summed E-state index contributed by atoms with van der Waals surface area (Å²) in [6.45, 7) is 3.62. The number of benzene rings is 2. The first-order valence-corrected chi connectivity index (χ1v) is 7.22. The molecule has 1 aromatic heterocycles. The van der Waals surface area contributed by atoms with Crippen LogP contribution >= 0.6 is 0 Å². The average Bonchev–Trinajstić information content (AvgIpc) is 2.92. The van der Waals surface area contributed by atoms with Crippen LogP contribution in [0.1, 0.15) is 21.7 Å². The Morgan fingerprint density at radius 3 is 2.58 bits per heavy atom. The molecule has 0 atom stereocenters. The maximum Gasteiger partial charge on any atom is 0.278 e. The van der Waals surface area contributed by atoms with E-state index in [1.807, 2.05) is 31.2 Å². The lowest BCUT2D eigenvalue weighted by Crippen LogP contribution is -2.15.